The Morgan fingerprint density at radius 3 is 1.95 bits per heavy atom. The predicted octanol–water partition coefficient (Wildman–Crippen LogP) is 8.46. The third kappa shape index (κ3) is 6.69. The van der Waals surface area contributed by atoms with E-state index in [0.717, 1.165) is 31.4 Å². The summed E-state index contributed by atoms with van der Waals surface area (Å²) in [5, 5.41) is 16.2. The van der Waals surface area contributed by atoms with Crippen LogP contribution in [-0.2, 0) is 18.5 Å². The average Bonchev–Trinajstić information content (AvgIpc) is 3.28. The number of aromatic nitrogens is 2. The van der Waals surface area contributed by atoms with E-state index in [1.807, 2.05) is 6.92 Å². The molecule has 0 spiro atoms. The number of halogens is 9. The first-order chi connectivity index (χ1) is 17.1. The number of unbranched alkanes of at least 4 members (excludes halogenated alkanes) is 3. The number of aromatic hydroxyl groups is 1. The molecule has 2 aromatic carbocycles. The van der Waals surface area contributed by atoms with Crippen LogP contribution in [0, 0.1) is 0 Å². The minimum absolute atomic E-state index is 0.0392. The summed E-state index contributed by atoms with van der Waals surface area (Å²) in [6.07, 6.45) is -12.1. The standard InChI is InChI=1S/C24H21F9N2O2/c1-2-3-4-5-8-37-18-7-6-16(17-12-19(35-34-17)24(31,32)33)21(36)20(18)13-9-14(22(25,26)27)11-15(10-13)23(28,29)30/h6-7,9-12,36H,2-5,8H2,1H3,(H,34,35). The molecule has 0 saturated heterocycles. The molecule has 0 aliphatic rings. The van der Waals surface area contributed by atoms with Crippen molar-refractivity contribution in [1.29, 1.82) is 0 Å². The fourth-order valence-electron chi connectivity index (χ4n) is 3.59. The van der Waals surface area contributed by atoms with E-state index in [0.29, 0.717) is 24.6 Å². The summed E-state index contributed by atoms with van der Waals surface area (Å²) in [6.45, 7) is 2.00. The Labute approximate surface area is 205 Å². The van der Waals surface area contributed by atoms with Gasteiger partial charge < -0.3 is 9.84 Å². The lowest BCUT2D eigenvalue weighted by molar-refractivity contribution is -0.143. The molecule has 3 rings (SSSR count). The largest absolute Gasteiger partial charge is 0.506 e. The number of H-pyrrole nitrogens is 1. The Morgan fingerprint density at radius 1 is 0.811 bits per heavy atom. The Morgan fingerprint density at radius 2 is 1.43 bits per heavy atom. The molecular weight excluding hydrogens is 519 g/mol. The zero-order chi connectivity index (χ0) is 27.6. The third-order valence-electron chi connectivity index (χ3n) is 5.43. The number of phenolic OH excluding ortho intramolecular Hbond substituents is 1. The van der Waals surface area contributed by atoms with Gasteiger partial charge in [0.2, 0.25) is 0 Å². The second-order valence-electron chi connectivity index (χ2n) is 8.20. The van der Waals surface area contributed by atoms with Gasteiger partial charge in [-0.15, -0.1) is 0 Å². The van der Waals surface area contributed by atoms with Crippen LogP contribution in [0.25, 0.3) is 22.4 Å². The summed E-state index contributed by atoms with van der Waals surface area (Å²) < 4.78 is 125. The first-order valence-electron chi connectivity index (χ1n) is 11.0. The topological polar surface area (TPSA) is 58.1 Å². The van der Waals surface area contributed by atoms with E-state index in [4.69, 9.17) is 4.74 Å². The predicted molar refractivity (Wildman–Crippen MR) is 116 cm³/mol. The molecule has 37 heavy (non-hydrogen) atoms. The minimum Gasteiger partial charge on any atom is -0.506 e. The van der Waals surface area contributed by atoms with Gasteiger partial charge in [0, 0.05) is 5.56 Å². The quantitative estimate of drug-likeness (QED) is 0.223. The first-order valence-corrected chi connectivity index (χ1v) is 11.0. The average molecular weight is 540 g/mol. The van der Waals surface area contributed by atoms with E-state index in [1.165, 1.54) is 0 Å². The van der Waals surface area contributed by atoms with Crippen LogP contribution < -0.4 is 4.74 Å². The number of nitrogens with zero attached hydrogens (tertiary/aromatic N) is 1. The van der Waals surface area contributed by atoms with Crippen molar-refractivity contribution in [2.45, 2.75) is 51.1 Å². The van der Waals surface area contributed by atoms with Crippen molar-refractivity contribution in [2.24, 2.45) is 0 Å². The van der Waals surface area contributed by atoms with Crippen LogP contribution in [0.1, 0.15) is 49.4 Å². The van der Waals surface area contributed by atoms with Crippen molar-refractivity contribution >= 4 is 0 Å². The SMILES string of the molecule is CCCCCCOc1ccc(-c2cc(C(F)(F)F)[nH]n2)c(O)c1-c1cc(C(F)(F)F)cc(C(F)(F)F)c1. The lowest BCUT2D eigenvalue weighted by atomic mass is 9.95. The smallest absolute Gasteiger partial charge is 0.432 e. The lowest BCUT2D eigenvalue weighted by Gasteiger charge is -2.19. The summed E-state index contributed by atoms with van der Waals surface area (Å²) in [6, 6.07) is 3.57. The number of hydrogen-bond donors (Lipinski definition) is 2. The minimum atomic E-state index is -5.16. The van der Waals surface area contributed by atoms with Gasteiger partial charge in [-0.3, -0.25) is 5.10 Å². The van der Waals surface area contributed by atoms with E-state index >= 15 is 0 Å². The fourth-order valence-corrected chi connectivity index (χ4v) is 3.59. The molecule has 0 atom stereocenters. The van der Waals surface area contributed by atoms with Gasteiger partial charge in [0.15, 0.2) is 0 Å². The molecule has 0 unspecified atom stereocenters. The number of benzene rings is 2. The number of phenols is 1. The molecule has 202 valence electrons. The number of alkyl halides is 9. The molecular formula is C24H21F9N2O2. The molecule has 0 aliphatic heterocycles. The maximum atomic E-state index is 13.5. The normalized spacial score (nSPS) is 12.7. The third-order valence-corrected chi connectivity index (χ3v) is 5.43. The number of ether oxygens (including phenoxy) is 1. The maximum Gasteiger partial charge on any atom is 0.432 e. The Kier molecular flexibility index (Phi) is 8.03. The molecule has 0 radical (unpaired) electrons. The van der Waals surface area contributed by atoms with Gasteiger partial charge in [-0.2, -0.15) is 44.6 Å². The second-order valence-corrected chi connectivity index (χ2v) is 8.20. The van der Waals surface area contributed by atoms with E-state index in [9.17, 15) is 44.6 Å². The van der Waals surface area contributed by atoms with Gasteiger partial charge in [-0.25, -0.2) is 0 Å². The maximum absolute atomic E-state index is 13.5. The molecule has 0 bridgehead atoms. The molecule has 1 heterocycles. The molecule has 0 saturated carbocycles. The summed E-state index contributed by atoms with van der Waals surface area (Å²) in [5.41, 5.74) is -6.53. The number of hydrogen-bond acceptors (Lipinski definition) is 3. The molecule has 0 amide bonds. The van der Waals surface area contributed by atoms with Crippen molar-refractivity contribution in [1.82, 2.24) is 10.2 Å². The van der Waals surface area contributed by atoms with Gasteiger partial charge in [0.25, 0.3) is 0 Å². The number of aromatic amines is 1. The zero-order valence-corrected chi connectivity index (χ0v) is 19.2. The van der Waals surface area contributed by atoms with E-state index in [1.54, 1.807) is 5.10 Å². The summed E-state index contributed by atoms with van der Waals surface area (Å²) in [5.74, 6) is -1.13. The second kappa shape index (κ2) is 10.5. The van der Waals surface area contributed by atoms with Crippen LogP contribution in [-0.4, -0.2) is 21.9 Å². The molecule has 13 heteroatoms. The molecule has 2 N–H and O–H groups in total. The Hall–Kier alpha value is -3.38. The molecule has 0 aliphatic carbocycles. The van der Waals surface area contributed by atoms with Crippen molar-refractivity contribution < 1.29 is 49.4 Å². The van der Waals surface area contributed by atoms with Crippen LogP contribution in [0.2, 0.25) is 0 Å². The van der Waals surface area contributed by atoms with E-state index < -0.39 is 57.9 Å². The van der Waals surface area contributed by atoms with E-state index in [-0.39, 0.29) is 24.0 Å². The first kappa shape index (κ1) is 28.2. The van der Waals surface area contributed by atoms with Crippen LogP contribution >= 0.6 is 0 Å². The fraction of sp³-hybridized carbons (Fsp3) is 0.375. The number of nitrogens with one attached hydrogen (secondary N) is 1. The van der Waals surface area contributed by atoms with Gasteiger partial charge >= 0.3 is 18.5 Å². The van der Waals surface area contributed by atoms with Gasteiger partial charge in [0.1, 0.15) is 17.2 Å². The van der Waals surface area contributed by atoms with Crippen molar-refractivity contribution in [3.8, 4) is 33.9 Å². The Balaban J connectivity index is 2.20. The highest BCUT2D eigenvalue weighted by molar-refractivity contribution is 5.85. The van der Waals surface area contributed by atoms with Crippen LogP contribution in [0.5, 0.6) is 11.5 Å². The Bertz CT molecular complexity index is 1200. The molecule has 3 aromatic rings. The van der Waals surface area contributed by atoms with Gasteiger partial charge in [0.05, 0.1) is 29.0 Å². The van der Waals surface area contributed by atoms with Crippen LogP contribution in [0.3, 0.4) is 0 Å². The summed E-state index contributed by atoms with van der Waals surface area (Å²) >= 11 is 0. The summed E-state index contributed by atoms with van der Waals surface area (Å²) in [7, 11) is 0. The van der Waals surface area contributed by atoms with Crippen molar-refractivity contribution in [3.05, 3.63) is 53.2 Å². The van der Waals surface area contributed by atoms with Gasteiger partial charge in [-0.05, 0) is 48.4 Å². The zero-order valence-electron chi connectivity index (χ0n) is 19.2. The van der Waals surface area contributed by atoms with Crippen LogP contribution in [0.4, 0.5) is 39.5 Å². The summed E-state index contributed by atoms with van der Waals surface area (Å²) in [4.78, 5) is 0. The number of rotatable bonds is 8. The molecule has 1 aromatic heterocycles. The highest BCUT2D eigenvalue weighted by Gasteiger charge is 2.38. The van der Waals surface area contributed by atoms with Gasteiger partial charge in [-0.1, -0.05) is 26.2 Å². The highest BCUT2D eigenvalue weighted by atomic mass is 19.4. The molecule has 4 nitrogen and oxygen atoms in total. The van der Waals surface area contributed by atoms with E-state index in [2.05, 4.69) is 5.10 Å². The van der Waals surface area contributed by atoms with Crippen LogP contribution in [0.15, 0.2) is 36.4 Å². The van der Waals surface area contributed by atoms with Crippen molar-refractivity contribution in [2.75, 3.05) is 6.61 Å². The lowest BCUT2D eigenvalue weighted by Crippen LogP contribution is -2.11. The highest BCUT2D eigenvalue weighted by Crippen LogP contribution is 2.47. The van der Waals surface area contributed by atoms with Crippen molar-refractivity contribution in [3.63, 3.8) is 0 Å². The molecule has 0 fully saturated rings. The monoisotopic (exact) mass is 540 g/mol.